The number of benzene rings is 1. The van der Waals surface area contributed by atoms with E-state index >= 15 is 0 Å². The van der Waals surface area contributed by atoms with Gasteiger partial charge in [-0.05, 0) is 23.8 Å². The summed E-state index contributed by atoms with van der Waals surface area (Å²) in [7, 11) is 0. The van der Waals surface area contributed by atoms with Crippen LogP contribution in [0.3, 0.4) is 0 Å². The third kappa shape index (κ3) is 4.64. The number of carboxylic acids is 1. The smallest absolute Gasteiger partial charge is 0.327 e. The van der Waals surface area contributed by atoms with Crippen LogP contribution in [0.2, 0.25) is 0 Å². The van der Waals surface area contributed by atoms with E-state index < -0.39 is 12.0 Å². The minimum absolute atomic E-state index is 0.0473. The number of carbonyl (C=O) groups excluding carboxylic acids is 1. The Morgan fingerprint density at radius 1 is 1.57 bits per heavy atom. The van der Waals surface area contributed by atoms with Gasteiger partial charge < -0.3 is 15.2 Å². The minimum atomic E-state index is -1.02. The zero-order chi connectivity index (χ0) is 15.4. The number of halogens is 1. The number of rotatable bonds is 6. The summed E-state index contributed by atoms with van der Waals surface area (Å²) >= 11 is 4.90. The van der Waals surface area contributed by atoms with Gasteiger partial charge in [0.1, 0.15) is 17.9 Å². The molecule has 1 heterocycles. The Kier molecular flexibility index (Phi) is 5.52. The van der Waals surface area contributed by atoms with Crippen molar-refractivity contribution < 1.29 is 19.4 Å². The topological polar surface area (TPSA) is 75.6 Å². The van der Waals surface area contributed by atoms with E-state index in [-0.39, 0.29) is 12.0 Å². The Labute approximate surface area is 135 Å². The molecule has 0 saturated heterocycles. The minimum Gasteiger partial charge on any atom is -0.489 e. The lowest BCUT2D eigenvalue weighted by Crippen LogP contribution is -2.41. The van der Waals surface area contributed by atoms with E-state index in [0.29, 0.717) is 11.5 Å². The fourth-order valence-corrected chi connectivity index (χ4v) is 3.57. The molecule has 2 rings (SSSR count). The summed E-state index contributed by atoms with van der Waals surface area (Å²) in [6.45, 7) is 1.31. The second-order valence-corrected chi connectivity index (χ2v) is 6.82. The summed E-state index contributed by atoms with van der Waals surface area (Å²) in [6.07, 6.45) is 0.866. The monoisotopic (exact) mass is 373 g/mol. The second-order valence-electron chi connectivity index (χ2n) is 4.82. The summed E-state index contributed by atoms with van der Waals surface area (Å²) in [5, 5.41) is 11.4. The molecule has 0 radical (unpaired) electrons. The van der Waals surface area contributed by atoms with Crippen molar-refractivity contribution in [2.24, 2.45) is 0 Å². The van der Waals surface area contributed by atoms with E-state index in [1.54, 1.807) is 0 Å². The van der Waals surface area contributed by atoms with E-state index in [2.05, 4.69) is 21.2 Å². The van der Waals surface area contributed by atoms with Gasteiger partial charge in [0.05, 0.1) is 0 Å². The van der Waals surface area contributed by atoms with E-state index in [1.165, 1.54) is 18.7 Å². The van der Waals surface area contributed by atoms with E-state index in [9.17, 15) is 9.59 Å². The van der Waals surface area contributed by atoms with E-state index in [1.807, 2.05) is 18.2 Å². The lowest BCUT2D eigenvalue weighted by Gasteiger charge is -2.14. The molecule has 2 unspecified atom stereocenters. The highest BCUT2D eigenvalue weighted by molar-refractivity contribution is 9.10. The van der Waals surface area contributed by atoms with Gasteiger partial charge >= 0.3 is 5.97 Å². The molecule has 0 saturated carbocycles. The highest BCUT2D eigenvalue weighted by Crippen LogP contribution is 2.32. The van der Waals surface area contributed by atoms with Crippen molar-refractivity contribution in [3.63, 3.8) is 0 Å². The Morgan fingerprint density at radius 2 is 2.33 bits per heavy atom. The number of carboxylic acid groups (broad SMARTS) is 1. The Morgan fingerprint density at radius 3 is 3.00 bits per heavy atom. The van der Waals surface area contributed by atoms with Crippen LogP contribution in [0.4, 0.5) is 0 Å². The Balaban J connectivity index is 1.80. The van der Waals surface area contributed by atoms with Gasteiger partial charge in [0.2, 0.25) is 5.91 Å². The number of aliphatic carboxylic acids is 1. The highest BCUT2D eigenvalue weighted by Gasteiger charge is 2.24. The molecule has 1 aromatic rings. The van der Waals surface area contributed by atoms with E-state index in [0.717, 1.165) is 22.2 Å². The van der Waals surface area contributed by atoms with Crippen LogP contribution in [-0.4, -0.2) is 40.6 Å². The highest BCUT2D eigenvalue weighted by atomic mass is 79.9. The number of fused-ring (bicyclic) bond motifs is 1. The number of ether oxygens (including phenoxy) is 1. The molecule has 1 aliphatic heterocycles. The fraction of sp³-hybridized carbons (Fsp3) is 0.429. The third-order valence-corrected chi connectivity index (χ3v) is 4.70. The first-order chi connectivity index (χ1) is 9.95. The summed E-state index contributed by atoms with van der Waals surface area (Å²) in [4.78, 5) is 22.0. The van der Waals surface area contributed by atoms with Crippen LogP contribution >= 0.6 is 27.7 Å². The molecule has 5 nitrogen and oxygen atoms in total. The summed E-state index contributed by atoms with van der Waals surface area (Å²) in [5.74, 6) is 0.555. The van der Waals surface area contributed by atoms with Crippen LogP contribution in [0, 0.1) is 0 Å². The van der Waals surface area contributed by atoms with Gasteiger partial charge in [0.25, 0.3) is 0 Å². The van der Waals surface area contributed by atoms with Crippen LogP contribution in [0.15, 0.2) is 22.7 Å². The van der Waals surface area contributed by atoms with Crippen molar-refractivity contribution in [2.45, 2.75) is 25.5 Å². The maximum absolute atomic E-state index is 11.0. The predicted octanol–water partition coefficient (Wildman–Crippen LogP) is 2.08. The van der Waals surface area contributed by atoms with Crippen molar-refractivity contribution in [3.8, 4) is 5.75 Å². The summed E-state index contributed by atoms with van der Waals surface area (Å²) < 4.78 is 6.83. The molecule has 1 aromatic carbocycles. The average molecular weight is 374 g/mol. The maximum atomic E-state index is 11.0. The van der Waals surface area contributed by atoms with Crippen LogP contribution in [-0.2, 0) is 16.0 Å². The first-order valence-electron chi connectivity index (χ1n) is 6.48. The quantitative estimate of drug-likeness (QED) is 0.798. The largest absolute Gasteiger partial charge is 0.489 e. The number of nitrogens with one attached hydrogen (secondary N) is 1. The lowest BCUT2D eigenvalue weighted by molar-refractivity contribution is -0.140. The lowest BCUT2D eigenvalue weighted by atomic mass is 10.1. The van der Waals surface area contributed by atoms with Gasteiger partial charge in [0.15, 0.2) is 0 Å². The molecule has 0 bridgehead atoms. The SMILES string of the molecule is CC(=O)NC(CSCC1Cc2cc(Br)ccc2O1)C(=O)O. The van der Waals surface area contributed by atoms with Gasteiger partial charge in [-0.1, -0.05) is 15.9 Å². The zero-order valence-electron chi connectivity index (χ0n) is 11.5. The molecular formula is C14H16BrNO4S. The molecule has 0 aliphatic carbocycles. The van der Waals surface area contributed by atoms with Crippen molar-refractivity contribution in [1.29, 1.82) is 0 Å². The number of hydrogen-bond donors (Lipinski definition) is 2. The van der Waals surface area contributed by atoms with Gasteiger partial charge in [0, 0.05) is 29.3 Å². The molecule has 2 N–H and O–H groups in total. The van der Waals surface area contributed by atoms with Gasteiger partial charge in [-0.3, -0.25) is 4.79 Å². The predicted molar refractivity (Wildman–Crippen MR) is 84.8 cm³/mol. The zero-order valence-corrected chi connectivity index (χ0v) is 13.9. The molecule has 0 fully saturated rings. The van der Waals surface area contributed by atoms with Crippen LogP contribution < -0.4 is 10.1 Å². The Bertz CT molecular complexity index is 552. The van der Waals surface area contributed by atoms with Crippen LogP contribution in [0.1, 0.15) is 12.5 Å². The molecule has 21 heavy (non-hydrogen) atoms. The van der Waals surface area contributed by atoms with Gasteiger partial charge in [-0.2, -0.15) is 11.8 Å². The van der Waals surface area contributed by atoms with Crippen molar-refractivity contribution in [2.75, 3.05) is 11.5 Å². The molecule has 114 valence electrons. The second kappa shape index (κ2) is 7.17. The number of carbonyl (C=O) groups is 2. The standard InChI is InChI=1S/C14H16BrNO4S/c1-8(17)16-12(14(18)19)7-21-6-11-5-9-4-10(15)2-3-13(9)20-11/h2-4,11-12H,5-7H2,1H3,(H,16,17)(H,18,19). The van der Waals surface area contributed by atoms with Crippen LogP contribution in [0.25, 0.3) is 0 Å². The molecule has 1 amide bonds. The first kappa shape index (κ1) is 16.2. The summed E-state index contributed by atoms with van der Waals surface area (Å²) in [5.41, 5.74) is 1.16. The molecule has 1 aliphatic rings. The Hall–Kier alpha value is -1.21. The van der Waals surface area contributed by atoms with Crippen LogP contribution in [0.5, 0.6) is 5.75 Å². The molecule has 2 atom stereocenters. The van der Waals surface area contributed by atoms with Crippen molar-refractivity contribution >= 4 is 39.6 Å². The first-order valence-corrected chi connectivity index (χ1v) is 8.43. The molecular weight excluding hydrogens is 358 g/mol. The molecule has 0 spiro atoms. The third-order valence-electron chi connectivity index (χ3n) is 3.03. The fourth-order valence-electron chi connectivity index (χ4n) is 2.12. The maximum Gasteiger partial charge on any atom is 0.327 e. The van der Waals surface area contributed by atoms with Crippen molar-refractivity contribution in [3.05, 3.63) is 28.2 Å². The van der Waals surface area contributed by atoms with Gasteiger partial charge in [-0.25, -0.2) is 4.79 Å². The number of thioether (sulfide) groups is 1. The number of amides is 1. The molecule has 7 heteroatoms. The van der Waals surface area contributed by atoms with Gasteiger partial charge in [-0.15, -0.1) is 0 Å². The van der Waals surface area contributed by atoms with Crippen molar-refractivity contribution in [1.82, 2.24) is 5.32 Å². The normalized spacial score (nSPS) is 17.7. The molecule has 0 aromatic heterocycles. The van der Waals surface area contributed by atoms with E-state index in [4.69, 9.17) is 9.84 Å². The summed E-state index contributed by atoms with van der Waals surface area (Å²) in [6, 6.07) is 5.05. The number of hydrogen-bond acceptors (Lipinski definition) is 4. The average Bonchev–Trinajstić information content (AvgIpc) is 2.78.